The number of carbonyl (C=O) groups is 1. The van der Waals surface area contributed by atoms with Gasteiger partial charge in [0.2, 0.25) is 0 Å². The number of amides is 2. The van der Waals surface area contributed by atoms with Crippen LogP contribution < -0.4 is 15.4 Å². The number of rotatable bonds is 5. The minimum absolute atomic E-state index is 0.0301. The Morgan fingerprint density at radius 2 is 2.24 bits per heavy atom. The van der Waals surface area contributed by atoms with E-state index in [0.29, 0.717) is 17.3 Å². The van der Waals surface area contributed by atoms with E-state index in [2.05, 4.69) is 10.6 Å². The molecule has 21 heavy (non-hydrogen) atoms. The molecule has 2 rings (SSSR count). The van der Waals surface area contributed by atoms with Gasteiger partial charge in [-0.3, -0.25) is 0 Å². The molecule has 2 aromatic rings. The Balaban J connectivity index is 1.91. The van der Waals surface area contributed by atoms with E-state index in [9.17, 15) is 4.79 Å². The number of benzene rings is 1. The Morgan fingerprint density at radius 1 is 1.43 bits per heavy atom. The number of urea groups is 1. The number of hydrogen-bond acceptors (Lipinski definition) is 3. The first-order valence-corrected chi connectivity index (χ1v) is 7.81. The molecule has 2 N–H and O–H groups in total. The lowest BCUT2D eigenvalue weighted by Crippen LogP contribution is -2.36. The van der Waals surface area contributed by atoms with Crippen LogP contribution in [0.2, 0.25) is 5.02 Å². The molecule has 1 atom stereocenters. The maximum atomic E-state index is 11.9. The van der Waals surface area contributed by atoms with Gasteiger partial charge in [-0.15, -0.1) is 0 Å². The second-order valence-electron chi connectivity index (χ2n) is 4.54. The molecule has 6 heteroatoms. The summed E-state index contributed by atoms with van der Waals surface area (Å²) < 4.78 is 5.25. The molecular weight excluding hydrogens is 308 g/mol. The van der Waals surface area contributed by atoms with Gasteiger partial charge in [-0.25, -0.2) is 4.79 Å². The van der Waals surface area contributed by atoms with Crippen LogP contribution in [0.1, 0.15) is 24.1 Å². The van der Waals surface area contributed by atoms with E-state index >= 15 is 0 Å². The lowest BCUT2D eigenvalue weighted by Gasteiger charge is -2.15. The summed E-state index contributed by atoms with van der Waals surface area (Å²) in [7, 11) is 1.56. The molecule has 1 aromatic heterocycles. The number of ether oxygens (including phenoxy) is 1. The SMILES string of the molecule is COc1c(Cl)cccc1CNC(=O)NC(C)c1ccsc1. The number of methoxy groups -OCH3 is 1. The molecule has 0 saturated heterocycles. The van der Waals surface area contributed by atoms with Crippen LogP contribution in [0.4, 0.5) is 4.79 Å². The van der Waals surface area contributed by atoms with Crippen LogP contribution in [0.15, 0.2) is 35.0 Å². The highest BCUT2D eigenvalue weighted by atomic mass is 35.5. The summed E-state index contributed by atoms with van der Waals surface area (Å²) in [5.74, 6) is 0.588. The first kappa shape index (κ1) is 15.7. The lowest BCUT2D eigenvalue weighted by atomic mass is 10.2. The Kier molecular flexibility index (Phi) is 5.47. The fraction of sp³-hybridized carbons (Fsp3) is 0.267. The third-order valence-electron chi connectivity index (χ3n) is 3.08. The van der Waals surface area contributed by atoms with Crippen LogP contribution in [-0.2, 0) is 6.54 Å². The maximum absolute atomic E-state index is 11.9. The molecule has 0 saturated carbocycles. The quantitative estimate of drug-likeness (QED) is 0.874. The Morgan fingerprint density at radius 3 is 2.90 bits per heavy atom. The average Bonchev–Trinajstić information content (AvgIpc) is 2.99. The molecule has 0 radical (unpaired) electrons. The topological polar surface area (TPSA) is 50.4 Å². The summed E-state index contributed by atoms with van der Waals surface area (Å²) in [6, 6.07) is 7.19. The average molecular weight is 325 g/mol. The molecule has 2 amide bonds. The molecule has 0 aliphatic rings. The molecule has 1 aromatic carbocycles. The van der Waals surface area contributed by atoms with Crippen molar-refractivity contribution in [1.29, 1.82) is 0 Å². The zero-order valence-corrected chi connectivity index (χ0v) is 13.4. The predicted octanol–water partition coefficient (Wildman–Crippen LogP) is 3.97. The van der Waals surface area contributed by atoms with Gasteiger partial charge in [-0.2, -0.15) is 11.3 Å². The van der Waals surface area contributed by atoms with E-state index in [1.54, 1.807) is 24.5 Å². The molecule has 112 valence electrons. The van der Waals surface area contributed by atoms with Gasteiger partial charge in [0.15, 0.2) is 0 Å². The monoisotopic (exact) mass is 324 g/mol. The Labute approximate surface area is 133 Å². The zero-order chi connectivity index (χ0) is 15.2. The van der Waals surface area contributed by atoms with E-state index in [-0.39, 0.29) is 12.1 Å². The van der Waals surface area contributed by atoms with E-state index < -0.39 is 0 Å². The van der Waals surface area contributed by atoms with Crippen LogP contribution >= 0.6 is 22.9 Å². The minimum Gasteiger partial charge on any atom is -0.495 e. The number of halogens is 1. The highest BCUT2D eigenvalue weighted by Gasteiger charge is 2.11. The number of para-hydroxylation sites is 1. The van der Waals surface area contributed by atoms with Gasteiger partial charge in [-0.05, 0) is 35.4 Å². The largest absolute Gasteiger partial charge is 0.495 e. The van der Waals surface area contributed by atoms with Crippen molar-refractivity contribution in [2.45, 2.75) is 19.5 Å². The summed E-state index contributed by atoms with van der Waals surface area (Å²) in [6.07, 6.45) is 0. The first-order chi connectivity index (χ1) is 10.1. The van der Waals surface area contributed by atoms with Crippen molar-refractivity contribution < 1.29 is 9.53 Å². The minimum atomic E-state index is -0.226. The molecular formula is C15H17ClN2O2S. The number of nitrogens with one attached hydrogen (secondary N) is 2. The maximum Gasteiger partial charge on any atom is 0.315 e. The van der Waals surface area contributed by atoms with E-state index in [1.807, 2.05) is 35.9 Å². The third kappa shape index (κ3) is 4.12. The first-order valence-electron chi connectivity index (χ1n) is 6.49. The van der Waals surface area contributed by atoms with Crippen molar-refractivity contribution in [3.8, 4) is 5.75 Å². The highest BCUT2D eigenvalue weighted by Crippen LogP contribution is 2.28. The van der Waals surface area contributed by atoms with Gasteiger partial charge >= 0.3 is 6.03 Å². The van der Waals surface area contributed by atoms with Crippen molar-refractivity contribution in [2.75, 3.05) is 7.11 Å². The molecule has 0 aliphatic heterocycles. The van der Waals surface area contributed by atoms with Gasteiger partial charge in [0.05, 0.1) is 18.2 Å². The van der Waals surface area contributed by atoms with Crippen LogP contribution in [0.25, 0.3) is 0 Å². The smallest absolute Gasteiger partial charge is 0.315 e. The number of carbonyl (C=O) groups excluding carboxylic acids is 1. The predicted molar refractivity (Wildman–Crippen MR) is 86.1 cm³/mol. The summed E-state index contributed by atoms with van der Waals surface area (Å²) in [5, 5.41) is 10.2. The van der Waals surface area contributed by atoms with Crippen molar-refractivity contribution in [3.05, 3.63) is 51.2 Å². The second kappa shape index (κ2) is 7.33. The fourth-order valence-corrected chi connectivity index (χ4v) is 2.97. The van der Waals surface area contributed by atoms with Crippen LogP contribution in [-0.4, -0.2) is 13.1 Å². The van der Waals surface area contributed by atoms with Gasteiger partial charge < -0.3 is 15.4 Å². The summed E-state index contributed by atoms with van der Waals surface area (Å²) in [6.45, 7) is 2.30. The summed E-state index contributed by atoms with van der Waals surface area (Å²) in [4.78, 5) is 11.9. The van der Waals surface area contributed by atoms with Crippen molar-refractivity contribution in [3.63, 3.8) is 0 Å². The third-order valence-corrected chi connectivity index (χ3v) is 4.08. The van der Waals surface area contributed by atoms with Gasteiger partial charge in [0, 0.05) is 12.1 Å². The number of thiophene rings is 1. The second-order valence-corrected chi connectivity index (χ2v) is 5.72. The summed E-state index contributed by atoms with van der Waals surface area (Å²) in [5.41, 5.74) is 1.93. The molecule has 1 unspecified atom stereocenters. The highest BCUT2D eigenvalue weighted by molar-refractivity contribution is 7.07. The van der Waals surface area contributed by atoms with E-state index in [0.717, 1.165) is 11.1 Å². The van der Waals surface area contributed by atoms with Crippen molar-refractivity contribution in [1.82, 2.24) is 10.6 Å². The Hall–Kier alpha value is -1.72. The standard InChI is InChI=1S/C15H17ClN2O2S/c1-10(12-6-7-21-9-12)18-15(19)17-8-11-4-3-5-13(16)14(11)20-2/h3-7,9-10H,8H2,1-2H3,(H2,17,18,19). The molecule has 1 heterocycles. The van der Waals surface area contributed by atoms with Crippen LogP contribution in [0, 0.1) is 0 Å². The van der Waals surface area contributed by atoms with E-state index in [4.69, 9.17) is 16.3 Å². The van der Waals surface area contributed by atoms with Gasteiger partial charge in [-0.1, -0.05) is 23.7 Å². The molecule has 0 spiro atoms. The zero-order valence-electron chi connectivity index (χ0n) is 11.9. The van der Waals surface area contributed by atoms with Crippen molar-refractivity contribution >= 4 is 29.0 Å². The normalized spacial score (nSPS) is 11.8. The van der Waals surface area contributed by atoms with Crippen molar-refractivity contribution in [2.24, 2.45) is 0 Å². The summed E-state index contributed by atoms with van der Waals surface area (Å²) >= 11 is 7.65. The van der Waals surface area contributed by atoms with Gasteiger partial charge in [0.25, 0.3) is 0 Å². The molecule has 0 fully saturated rings. The van der Waals surface area contributed by atoms with Crippen LogP contribution in [0.5, 0.6) is 5.75 Å². The lowest BCUT2D eigenvalue weighted by molar-refractivity contribution is 0.237. The van der Waals surface area contributed by atoms with E-state index in [1.165, 1.54) is 0 Å². The fourth-order valence-electron chi connectivity index (χ4n) is 1.95. The number of hydrogen-bond donors (Lipinski definition) is 2. The van der Waals surface area contributed by atoms with Gasteiger partial charge in [0.1, 0.15) is 5.75 Å². The molecule has 0 bridgehead atoms. The molecule has 4 nitrogen and oxygen atoms in total. The Bertz CT molecular complexity index is 602. The van der Waals surface area contributed by atoms with Crippen LogP contribution in [0.3, 0.4) is 0 Å². The molecule has 0 aliphatic carbocycles.